The zero-order valence-corrected chi connectivity index (χ0v) is 11.8. The molecule has 0 saturated carbocycles. The summed E-state index contributed by atoms with van der Waals surface area (Å²) in [5.74, 6) is 0.471. The summed E-state index contributed by atoms with van der Waals surface area (Å²) in [6, 6.07) is 6.52. The molecule has 4 rings (SSSR count). The number of rotatable bonds is 3. The van der Waals surface area contributed by atoms with Crippen LogP contribution in [0, 0.1) is 5.82 Å². The third-order valence-corrected chi connectivity index (χ3v) is 3.92. The molecule has 0 saturated heterocycles. The maximum absolute atomic E-state index is 13.6. The van der Waals surface area contributed by atoms with Crippen molar-refractivity contribution in [1.29, 1.82) is 0 Å². The van der Waals surface area contributed by atoms with E-state index in [1.54, 1.807) is 18.2 Å². The van der Waals surface area contributed by atoms with Crippen LogP contribution in [0.5, 0.6) is 0 Å². The lowest BCUT2D eigenvalue weighted by molar-refractivity contribution is 0.612. The van der Waals surface area contributed by atoms with Gasteiger partial charge in [0.2, 0.25) is 5.95 Å². The van der Waals surface area contributed by atoms with E-state index in [9.17, 15) is 9.18 Å². The summed E-state index contributed by atoms with van der Waals surface area (Å²) < 4.78 is 14.9. The second kappa shape index (κ2) is 4.94. The number of nitrogens with one attached hydrogen (secondary N) is 2. The van der Waals surface area contributed by atoms with Gasteiger partial charge in [-0.3, -0.25) is 9.89 Å². The lowest BCUT2D eigenvalue weighted by Gasteiger charge is -2.03. The zero-order valence-electron chi connectivity index (χ0n) is 11.8. The van der Waals surface area contributed by atoms with Gasteiger partial charge < -0.3 is 5.32 Å². The minimum atomic E-state index is -0.277. The van der Waals surface area contributed by atoms with Crippen molar-refractivity contribution >= 4 is 11.7 Å². The number of benzene rings is 1. The quantitative estimate of drug-likeness (QED) is 0.771. The normalized spacial score (nSPS) is 13.5. The van der Waals surface area contributed by atoms with Crippen LogP contribution in [-0.2, 0) is 19.4 Å². The number of anilines is 1. The van der Waals surface area contributed by atoms with Crippen LogP contribution in [-0.4, -0.2) is 19.6 Å². The van der Waals surface area contributed by atoms with Crippen molar-refractivity contribution in [3.63, 3.8) is 0 Å². The smallest absolute Gasteiger partial charge is 0.277 e. The number of hydrogen-bond acceptors (Lipinski definition) is 4. The van der Waals surface area contributed by atoms with Gasteiger partial charge in [-0.05, 0) is 25.3 Å². The van der Waals surface area contributed by atoms with Gasteiger partial charge in [-0.25, -0.2) is 9.37 Å². The van der Waals surface area contributed by atoms with Crippen molar-refractivity contribution in [2.75, 3.05) is 5.32 Å². The summed E-state index contributed by atoms with van der Waals surface area (Å²) in [6.07, 6.45) is 2.55. The molecule has 0 atom stereocenters. The number of hydrogen-bond donors (Lipinski definition) is 2. The van der Waals surface area contributed by atoms with Crippen LogP contribution < -0.4 is 10.9 Å². The Balaban J connectivity index is 1.65. The third-order valence-electron chi connectivity index (χ3n) is 3.92. The van der Waals surface area contributed by atoms with Crippen molar-refractivity contribution in [2.24, 2.45) is 0 Å². The molecule has 1 aliphatic carbocycles. The molecule has 1 aromatic carbocycles. The molecule has 0 radical (unpaired) electrons. The molecular formula is C15H14FN5O. The van der Waals surface area contributed by atoms with Crippen LogP contribution in [0.3, 0.4) is 0 Å². The van der Waals surface area contributed by atoms with Crippen molar-refractivity contribution in [3.05, 3.63) is 57.3 Å². The number of aromatic amines is 1. The number of halogens is 1. The molecular weight excluding hydrogens is 285 g/mol. The number of fused-ring (bicyclic) bond motifs is 2. The topological polar surface area (TPSA) is 75.1 Å². The second-order valence-electron chi connectivity index (χ2n) is 5.35. The Morgan fingerprint density at radius 3 is 3.00 bits per heavy atom. The van der Waals surface area contributed by atoms with E-state index in [2.05, 4.69) is 20.4 Å². The highest BCUT2D eigenvalue weighted by molar-refractivity contribution is 5.40. The molecule has 2 N–H and O–H groups in total. The van der Waals surface area contributed by atoms with Crippen LogP contribution in [0.15, 0.2) is 29.1 Å². The highest BCUT2D eigenvalue weighted by atomic mass is 19.1. The molecule has 0 fully saturated rings. The van der Waals surface area contributed by atoms with Crippen molar-refractivity contribution in [3.8, 4) is 0 Å². The molecule has 112 valence electrons. The standard InChI is InChI=1S/C15H14FN5O/c16-11-6-2-1-4-9(11)8-17-14-19-15-18-12-7-3-5-10(12)13(22)21(15)20-14/h1-2,4,6H,3,5,7-8H2,(H2,17,18,19,20). The molecule has 0 bridgehead atoms. The molecule has 7 heteroatoms. The molecule has 6 nitrogen and oxygen atoms in total. The van der Waals surface area contributed by atoms with Crippen LogP contribution in [0.4, 0.5) is 10.3 Å². The highest BCUT2D eigenvalue weighted by Crippen LogP contribution is 2.17. The number of H-pyrrole nitrogens is 1. The monoisotopic (exact) mass is 299 g/mol. The summed E-state index contributed by atoms with van der Waals surface area (Å²) in [7, 11) is 0. The largest absolute Gasteiger partial charge is 0.350 e. The van der Waals surface area contributed by atoms with Crippen LogP contribution in [0.2, 0.25) is 0 Å². The molecule has 3 aromatic rings. The van der Waals surface area contributed by atoms with Gasteiger partial charge in [0, 0.05) is 17.7 Å². The summed E-state index contributed by atoms with van der Waals surface area (Å²) >= 11 is 0. The summed E-state index contributed by atoms with van der Waals surface area (Å²) in [5.41, 5.74) is 2.05. The van der Waals surface area contributed by atoms with Gasteiger partial charge in [0.1, 0.15) is 5.82 Å². The Kier molecular flexibility index (Phi) is 2.92. The first-order valence-corrected chi connectivity index (χ1v) is 7.20. The fourth-order valence-electron chi connectivity index (χ4n) is 2.78. The van der Waals surface area contributed by atoms with Crippen LogP contribution >= 0.6 is 0 Å². The van der Waals surface area contributed by atoms with E-state index in [4.69, 9.17) is 0 Å². The first-order valence-electron chi connectivity index (χ1n) is 7.20. The number of aromatic nitrogens is 4. The Hall–Kier alpha value is -2.70. The summed E-state index contributed by atoms with van der Waals surface area (Å²) in [6.45, 7) is 0.279. The number of aryl methyl sites for hydroxylation is 1. The van der Waals surface area contributed by atoms with E-state index in [0.29, 0.717) is 17.3 Å². The summed E-state index contributed by atoms with van der Waals surface area (Å²) in [4.78, 5) is 21.0. The molecule has 0 spiro atoms. The molecule has 0 amide bonds. The minimum absolute atomic E-state index is 0.0936. The predicted molar refractivity (Wildman–Crippen MR) is 79.4 cm³/mol. The van der Waals surface area contributed by atoms with Gasteiger partial charge in [0.15, 0.2) is 0 Å². The highest BCUT2D eigenvalue weighted by Gasteiger charge is 2.19. The van der Waals surface area contributed by atoms with Crippen molar-refractivity contribution in [2.45, 2.75) is 25.8 Å². The van der Waals surface area contributed by atoms with Crippen molar-refractivity contribution in [1.82, 2.24) is 19.6 Å². The lowest BCUT2D eigenvalue weighted by atomic mass is 10.2. The lowest BCUT2D eigenvalue weighted by Crippen LogP contribution is -2.20. The van der Waals surface area contributed by atoms with Crippen molar-refractivity contribution < 1.29 is 4.39 Å². The third kappa shape index (κ3) is 2.05. The second-order valence-corrected chi connectivity index (χ2v) is 5.35. The van der Waals surface area contributed by atoms with Gasteiger partial charge in [-0.1, -0.05) is 18.2 Å². The fourth-order valence-corrected chi connectivity index (χ4v) is 2.78. The first-order chi connectivity index (χ1) is 10.7. The maximum Gasteiger partial charge on any atom is 0.277 e. The van der Waals surface area contributed by atoms with Crippen LogP contribution in [0.25, 0.3) is 5.78 Å². The van der Waals surface area contributed by atoms with E-state index in [-0.39, 0.29) is 17.9 Å². The molecule has 0 aliphatic heterocycles. The Morgan fingerprint density at radius 1 is 1.27 bits per heavy atom. The van der Waals surface area contributed by atoms with E-state index < -0.39 is 0 Å². The molecule has 0 unspecified atom stereocenters. The average molecular weight is 299 g/mol. The zero-order chi connectivity index (χ0) is 15.1. The predicted octanol–water partition coefficient (Wildman–Crippen LogP) is 1.66. The SMILES string of the molecule is O=c1c2c(nc3nc(NCc4ccccc4F)[nH]n13)CCC2. The average Bonchev–Trinajstić information content (AvgIpc) is 3.13. The maximum atomic E-state index is 13.6. The first kappa shape index (κ1) is 13.0. The molecule has 2 heterocycles. The fraction of sp³-hybridized carbons (Fsp3) is 0.267. The Labute approximate surface area is 125 Å². The minimum Gasteiger partial charge on any atom is -0.350 e. The molecule has 22 heavy (non-hydrogen) atoms. The van der Waals surface area contributed by atoms with Gasteiger partial charge in [0.05, 0.1) is 5.69 Å². The van der Waals surface area contributed by atoms with Gasteiger partial charge in [0.25, 0.3) is 11.3 Å². The van der Waals surface area contributed by atoms with Crippen LogP contribution in [0.1, 0.15) is 23.2 Å². The number of nitrogens with zero attached hydrogens (tertiary/aromatic N) is 3. The Bertz CT molecular complexity index is 914. The molecule has 2 aromatic heterocycles. The van der Waals surface area contributed by atoms with E-state index in [1.165, 1.54) is 10.6 Å². The Morgan fingerprint density at radius 2 is 2.14 bits per heavy atom. The van der Waals surface area contributed by atoms with E-state index >= 15 is 0 Å². The van der Waals surface area contributed by atoms with E-state index in [0.717, 1.165) is 30.5 Å². The van der Waals surface area contributed by atoms with Gasteiger partial charge in [-0.2, -0.15) is 9.50 Å². The molecule has 1 aliphatic rings. The van der Waals surface area contributed by atoms with Gasteiger partial charge >= 0.3 is 0 Å². The van der Waals surface area contributed by atoms with Gasteiger partial charge in [-0.15, -0.1) is 0 Å². The van der Waals surface area contributed by atoms with E-state index in [1.807, 2.05) is 0 Å². The summed E-state index contributed by atoms with van der Waals surface area (Å²) in [5, 5.41) is 5.87.